The summed E-state index contributed by atoms with van der Waals surface area (Å²) in [5.74, 6) is -1.29. The number of piperidine rings is 1. The minimum atomic E-state index is -0.838. The van der Waals surface area contributed by atoms with Crippen LogP contribution in [0.3, 0.4) is 0 Å². The number of nitrogens with zero attached hydrogens (tertiary/aromatic N) is 5. The predicted octanol–water partition coefficient (Wildman–Crippen LogP) is 6.25. The zero-order valence-corrected chi connectivity index (χ0v) is 30.4. The van der Waals surface area contributed by atoms with E-state index in [2.05, 4.69) is 14.9 Å². The van der Waals surface area contributed by atoms with E-state index in [1.54, 1.807) is 13.2 Å². The number of β-amino-alcohol motifs (C(OH)–C–C–N with tert-alkyl or cyclic N) is 1. The number of aromatic hydroxyl groups is 1. The third kappa shape index (κ3) is 6.61. The van der Waals surface area contributed by atoms with Crippen molar-refractivity contribution in [2.24, 2.45) is 5.41 Å². The number of anilines is 1. The van der Waals surface area contributed by atoms with Crippen LogP contribution in [0.15, 0.2) is 30.3 Å². The number of hydrogen-bond acceptors (Lipinski definition) is 11. The first-order chi connectivity index (χ1) is 25.3. The lowest BCUT2D eigenvalue weighted by atomic mass is 9.73. The predicted molar refractivity (Wildman–Crippen MR) is 194 cm³/mol. The highest BCUT2D eigenvalue weighted by Gasteiger charge is 2.51. The summed E-state index contributed by atoms with van der Waals surface area (Å²) in [6, 6.07) is 8.02. The highest BCUT2D eigenvalue weighted by molar-refractivity contribution is 6.02. The van der Waals surface area contributed by atoms with Crippen LogP contribution in [-0.4, -0.2) is 108 Å². The number of likely N-dealkylation sites (tertiary alicyclic amines) is 1. The number of aliphatic hydroxyl groups is 1. The smallest absolute Gasteiger partial charge is 0.319 e. The molecule has 280 valence electrons. The monoisotopic (exact) mass is 721 g/mol. The number of phenolic OH excluding ortho intramolecular Hbond substituents is 1. The molecule has 4 heterocycles. The maximum absolute atomic E-state index is 17.0. The van der Waals surface area contributed by atoms with E-state index in [1.165, 1.54) is 31.4 Å². The second-order valence-corrected chi connectivity index (χ2v) is 14.2. The quantitative estimate of drug-likeness (QED) is 0.215. The number of methoxy groups -OCH3 is 2. The van der Waals surface area contributed by atoms with Crippen LogP contribution < -0.4 is 14.4 Å². The first-order valence-corrected chi connectivity index (χ1v) is 18.6. The fourth-order valence-corrected chi connectivity index (χ4v) is 8.85. The summed E-state index contributed by atoms with van der Waals surface area (Å²) in [5, 5.41) is 21.9. The molecule has 3 atom stereocenters. The molecule has 4 fully saturated rings. The van der Waals surface area contributed by atoms with Gasteiger partial charge in [0.2, 0.25) is 5.88 Å². The van der Waals surface area contributed by atoms with Gasteiger partial charge in [-0.1, -0.05) is 32.4 Å². The molecule has 11 nitrogen and oxygen atoms in total. The molecule has 2 N–H and O–H groups in total. The second-order valence-electron chi connectivity index (χ2n) is 14.2. The van der Waals surface area contributed by atoms with Crippen LogP contribution in [0.5, 0.6) is 17.6 Å². The Balaban J connectivity index is 0.00000207. The van der Waals surface area contributed by atoms with Gasteiger partial charge in [-0.3, -0.25) is 4.90 Å². The molecule has 8 rings (SSSR count). The minimum Gasteiger partial charge on any atom is -0.508 e. The zero-order valence-electron chi connectivity index (χ0n) is 30.4. The van der Waals surface area contributed by atoms with Gasteiger partial charge in [0.15, 0.2) is 5.82 Å². The van der Waals surface area contributed by atoms with Gasteiger partial charge in [-0.2, -0.15) is 9.97 Å². The number of fused-ring (bicyclic) bond motifs is 3. The van der Waals surface area contributed by atoms with E-state index < -0.39 is 17.7 Å². The Morgan fingerprint density at radius 1 is 1.02 bits per heavy atom. The van der Waals surface area contributed by atoms with Gasteiger partial charge in [-0.05, 0) is 68.7 Å². The topological polar surface area (TPSA) is 123 Å². The maximum Gasteiger partial charge on any atom is 0.319 e. The van der Waals surface area contributed by atoms with Crippen molar-refractivity contribution >= 4 is 27.5 Å². The van der Waals surface area contributed by atoms with Crippen LogP contribution in [0.1, 0.15) is 58.8 Å². The molecule has 0 bridgehead atoms. The molecule has 0 radical (unpaired) electrons. The van der Waals surface area contributed by atoms with Gasteiger partial charge in [-0.15, -0.1) is 0 Å². The van der Waals surface area contributed by atoms with Gasteiger partial charge in [0, 0.05) is 48.6 Å². The molecule has 2 saturated heterocycles. The standard InChI is InChI=1S/C37H43F2N5O6.C2H6/c1-47-25-15-22(16-25)44-11-5-10-37(9-4-8-28(37)44)20-50-36-41-33-30(34(42-36)43-12-13-49-19-24(46)18-43)35(48-2)40-32(31(33)39)26-17-23(45)14-21-6-3-7-27(38)29(21)26;1-2/h3,6-7,14,17,22,24-25,28,45-46H,4-5,8-13,15-16,18-20H2,1-2H3;1-2H3. The zero-order chi connectivity index (χ0) is 36.6. The van der Waals surface area contributed by atoms with E-state index in [0.29, 0.717) is 49.2 Å². The van der Waals surface area contributed by atoms with E-state index in [9.17, 15) is 10.2 Å². The first-order valence-electron chi connectivity index (χ1n) is 18.6. The van der Waals surface area contributed by atoms with Crippen LogP contribution in [0.4, 0.5) is 14.6 Å². The van der Waals surface area contributed by atoms with Gasteiger partial charge in [0.05, 0.1) is 39.1 Å². The number of ether oxygens (including phenoxy) is 4. The van der Waals surface area contributed by atoms with Crippen molar-refractivity contribution in [1.82, 2.24) is 19.9 Å². The average molecular weight is 722 g/mol. The van der Waals surface area contributed by atoms with E-state index in [4.69, 9.17) is 23.9 Å². The highest BCUT2D eigenvalue weighted by Crippen LogP contribution is 2.50. The Kier molecular flexibility index (Phi) is 10.7. The molecular weight excluding hydrogens is 672 g/mol. The molecule has 4 aromatic rings. The molecule has 0 spiro atoms. The summed E-state index contributed by atoms with van der Waals surface area (Å²) >= 11 is 0. The third-order valence-electron chi connectivity index (χ3n) is 11.3. The SMILES string of the molecule is CC.COc1nc(-c2cc(O)cc3cccc(F)c23)c(F)c2nc(OCC34CCCC3N(C3CC(OC)C3)CCC4)nc(N3CCOCC(O)C3)c12. The van der Waals surface area contributed by atoms with E-state index in [-0.39, 0.29) is 63.8 Å². The Bertz CT molecular complexity index is 1910. The number of aliphatic hydroxyl groups excluding tert-OH is 1. The molecule has 2 saturated carbocycles. The molecular formula is C39H49F2N5O6. The van der Waals surface area contributed by atoms with Crippen molar-refractivity contribution in [3.05, 3.63) is 42.0 Å². The number of aromatic nitrogens is 3. The molecule has 3 unspecified atom stereocenters. The van der Waals surface area contributed by atoms with Gasteiger partial charge in [-0.25, -0.2) is 13.8 Å². The van der Waals surface area contributed by atoms with Crippen molar-refractivity contribution in [2.75, 3.05) is 58.6 Å². The van der Waals surface area contributed by atoms with Gasteiger partial charge in [0.25, 0.3) is 0 Å². The van der Waals surface area contributed by atoms with Crippen molar-refractivity contribution in [3.8, 4) is 28.9 Å². The molecule has 2 aromatic heterocycles. The number of hydrogen-bond donors (Lipinski definition) is 2. The van der Waals surface area contributed by atoms with Crippen molar-refractivity contribution in [3.63, 3.8) is 0 Å². The minimum absolute atomic E-state index is 0.00237. The molecule has 0 amide bonds. The Hall–Kier alpha value is -3.91. The average Bonchev–Trinajstić information content (AvgIpc) is 3.45. The van der Waals surface area contributed by atoms with Crippen LogP contribution in [-0.2, 0) is 9.47 Å². The summed E-state index contributed by atoms with van der Waals surface area (Å²) in [7, 11) is 3.19. The summed E-state index contributed by atoms with van der Waals surface area (Å²) in [4.78, 5) is 18.5. The Morgan fingerprint density at radius 2 is 1.83 bits per heavy atom. The lowest BCUT2D eigenvalue weighted by Gasteiger charge is -2.53. The summed E-state index contributed by atoms with van der Waals surface area (Å²) in [5.41, 5.74) is -0.384. The number of benzene rings is 2. The lowest BCUT2D eigenvalue weighted by Crippen LogP contribution is -2.59. The van der Waals surface area contributed by atoms with Crippen LogP contribution >= 0.6 is 0 Å². The van der Waals surface area contributed by atoms with Crippen LogP contribution in [0, 0.1) is 17.0 Å². The van der Waals surface area contributed by atoms with Gasteiger partial charge >= 0.3 is 6.01 Å². The van der Waals surface area contributed by atoms with Crippen LogP contribution in [0.2, 0.25) is 0 Å². The normalized spacial score (nSPS) is 26.3. The van der Waals surface area contributed by atoms with Crippen LogP contribution in [0.25, 0.3) is 32.9 Å². The number of phenols is 1. The van der Waals surface area contributed by atoms with Crippen molar-refractivity contribution in [1.29, 1.82) is 0 Å². The third-order valence-corrected chi connectivity index (χ3v) is 11.3. The molecule has 2 aliphatic heterocycles. The molecule has 2 aliphatic carbocycles. The Labute approximate surface area is 302 Å². The van der Waals surface area contributed by atoms with E-state index in [1.807, 2.05) is 18.7 Å². The fraction of sp³-hybridized carbons (Fsp3) is 0.564. The lowest BCUT2D eigenvalue weighted by molar-refractivity contribution is -0.0845. The van der Waals surface area contributed by atoms with Gasteiger partial charge in [0.1, 0.15) is 34.0 Å². The van der Waals surface area contributed by atoms with Gasteiger partial charge < -0.3 is 34.1 Å². The van der Waals surface area contributed by atoms with Crippen molar-refractivity contribution in [2.45, 2.75) is 83.1 Å². The number of halogens is 2. The molecule has 52 heavy (non-hydrogen) atoms. The first kappa shape index (κ1) is 36.4. The number of rotatable bonds is 8. The summed E-state index contributed by atoms with van der Waals surface area (Å²) in [6.07, 6.45) is 6.92. The largest absolute Gasteiger partial charge is 0.508 e. The maximum atomic E-state index is 17.0. The van der Waals surface area contributed by atoms with Crippen molar-refractivity contribution < 1.29 is 37.9 Å². The summed E-state index contributed by atoms with van der Waals surface area (Å²) < 4.78 is 55.8. The number of pyridine rings is 1. The molecule has 13 heteroatoms. The highest BCUT2D eigenvalue weighted by atomic mass is 19.1. The Morgan fingerprint density at radius 3 is 2.62 bits per heavy atom. The molecule has 2 aromatic carbocycles. The van der Waals surface area contributed by atoms with E-state index in [0.717, 1.165) is 51.5 Å². The molecule has 4 aliphatic rings. The summed E-state index contributed by atoms with van der Waals surface area (Å²) in [6.45, 7) is 6.45. The fourth-order valence-electron chi connectivity index (χ4n) is 8.85. The second kappa shape index (κ2) is 15.2. The van der Waals surface area contributed by atoms with E-state index >= 15 is 8.78 Å².